The molecule has 0 aliphatic carbocycles. The summed E-state index contributed by atoms with van der Waals surface area (Å²) in [4.78, 5) is 0. The lowest BCUT2D eigenvalue weighted by Gasteiger charge is -2.30. The number of unbranched alkanes of at least 4 members (excludes halogenated alkanes) is 1. The van der Waals surface area contributed by atoms with Crippen molar-refractivity contribution in [2.45, 2.75) is 63.2 Å². The van der Waals surface area contributed by atoms with E-state index in [0.717, 1.165) is 0 Å². The zero-order valence-electron chi connectivity index (χ0n) is 10.5. The van der Waals surface area contributed by atoms with Gasteiger partial charge in [0.05, 0.1) is 6.10 Å². The van der Waals surface area contributed by atoms with Crippen LogP contribution in [0.5, 0.6) is 0 Å². The minimum absolute atomic E-state index is 0.189. The number of nitrogens with two attached hydrogens (primary N) is 1. The van der Waals surface area contributed by atoms with Crippen LogP contribution in [0.3, 0.4) is 0 Å². The number of hydrogen-bond donors (Lipinski definition) is 4. The lowest BCUT2D eigenvalue weighted by Crippen LogP contribution is -2.48. The molecule has 18 heavy (non-hydrogen) atoms. The third kappa shape index (κ3) is 8.74. The van der Waals surface area contributed by atoms with Crippen LogP contribution in [0.25, 0.3) is 0 Å². The van der Waals surface area contributed by atoms with E-state index >= 15 is 0 Å². The third-order valence-corrected chi connectivity index (χ3v) is 2.89. The van der Waals surface area contributed by atoms with E-state index in [2.05, 4.69) is 0 Å². The summed E-state index contributed by atoms with van der Waals surface area (Å²) in [6.45, 7) is 1.50. The van der Waals surface area contributed by atoms with E-state index in [4.69, 9.17) is 15.8 Å². The SMILES string of the molecule is CC(N)(CCCCB(O)O)C(O)CCC(F)(F)F. The molecule has 108 valence electrons. The number of hydrogen-bond acceptors (Lipinski definition) is 4. The normalized spacial score (nSPS) is 17.3. The van der Waals surface area contributed by atoms with Crippen molar-refractivity contribution in [2.24, 2.45) is 5.73 Å². The molecule has 0 aromatic rings. The van der Waals surface area contributed by atoms with Crippen LogP contribution < -0.4 is 5.73 Å². The molecule has 0 saturated heterocycles. The molecule has 0 aromatic heterocycles. The average Bonchev–Trinajstić information content (AvgIpc) is 2.19. The highest BCUT2D eigenvalue weighted by molar-refractivity contribution is 6.40. The highest BCUT2D eigenvalue weighted by Gasteiger charge is 2.33. The topological polar surface area (TPSA) is 86.7 Å². The van der Waals surface area contributed by atoms with Gasteiger partial charge in [0.15, 0.2) is 0 Å². The van der Waals surface area contributed by atoms with Crippen molar-refractivity contribution >= 4 is 7.12 Å². The lowest BCUT2D eigenvalue weighted by atomic mass is 9.81. The fourth-order valence-corrected chi connectivity index (χ4v) is 1.63. The fraction of sp³-hybridized carbons (Fsp3) is 1.00. The summed E-state index contributed by atoms with van der Waals surface area (Å²) in [7, 11) is -1.39. The van der Waals surface area contributed by atoms with Crippen molar-refractivity contribution in [1.29, 1.82) is 0 Å². The Balaban J connectivity index is 3.95. The van der Waals surface area contributed by atoms with Gasteiger partial charge in [-0.1, -0.05) is 12.8 Å². The van der Waals surface area contributed by atoms with Gasteiger partial charge in [0.1, 0.15) is 0 Å². The predicted molar refractivity (Wildman–Crippen MR) is 62.7 cm³/mol. The summed E-state index contributed by atoms with van der Waals surface area (Å²) in [5, 5.41) is 26.9. The number of halogens is 3. The van der Waals surface area contributed by atoms with Crippen LogP contribution in [0.4, 0.5) is 13.2 Å². The zero-order valence-corrected chi connectivity index (χ0v) is 10.5. The van der Waals surface area contributed by atoms with Gasteiger partial charge in [-0.3, -0.25) is 0 Å². The van der Waals surface area contributed by atoms with Crippen LogP contribution in [0.2, 0.25) is 6.32 Å². The van der Waals surface area contributed by atoms with E-state index in [-0.39, 0.29) is 6.32 Å². The van der Waals surface area contributed by atoms with Crippen molar-refractivity contribution in [3.05, 3.63) is 0 Å². The minimum Gasteiger partial charge on any atom is -0.427 e. The molecule has 2 atom stereocenters. The van der Waals surface area contributed by atoms with Crippen LogP contribution in [-0.2, 0) is 0 Å². The molecule has 0 fully saturated rings. The largest absolute Gasteiger partial charge is 0.451 e. The highest BCUT2D eigenvalue weighted by Crippen LogP contribution is 2.26. The van der Waals surface area contributed by atoms with Gasteiger partial charge in [0.25, 0.3) is 0 Å². The smallest absolute Gasteiger partial charge is 0.427 e. The number of rotatable bonds is 8. The van der Waals surface area contributed by atoms with Crippen LogP contribution in [-0.4, -0.2) is 40.1 Å². The molecule has 0 heterocycles. The Kier molecular flexibility index (Phi) is 7.20. The van der Waals surface area contributed by atoms with Gasteiger partial charge in [-0.05, 0) is 26.1 Å². The van der Waals surface area contributed by atoms with Gasteiger partial charge >= 0.3 is 13.3 Å². The van der Waals surface area contributed by atoms with E-state index in [1.165, 1.54) is 6.92 Å². The third-order valence-electron chi connectivity index (χ3n) is 2.89. The van der Waals surface area contributed by atoms with Gasteiger partial charge in [0.2, 0.25) is 0 Å². The Hall–Kier alpha value is -0.305. The van der Waals surface area contributed by atoms with Crippen LogP contribution in [0.15, 0.2) is 0 Å². The first-order chi connectivity index (χ1) is 8.04. The Labute approximate surface area is 105 Å². The molecule has 0 aliphatic heterocycles. The Morgan fingerprint density at radius 3 is 2.17 bits per heavy atom. The summed E-state index contributed by atoms with van der Waals surface area (Å²) in [5.74, 6) is 0. The maximum Gasteiger partial charge on any atom is 0.451 e. The molecular weight excluding hydrogens is 250 g/mol. The molecule has 0 bridgehead atoms. The molecule has 4 nitrogen and oxygen atoms in total. The quantitative estimate of drug-likeness (QED) is 0.392. The molecule has 0 saturated carbocycles. The molecule has 0 radical (unpaired) electrons. The van der Waals surface area contributed by atoms with Crippen molar-refractivity contribution in [3.63, 3.8) is 0 Å². The zero-order chi connectivity index (χ0) is 14.4. The summed E-state index contributed by atoms with van der Waals surface area (Å²) in [6, 6.07) is 0. The molecule has 0 rings (SSSR count). The molecule has 8 heteroatoms. The lowest BCUT2D eigenvalue weighted by molar-refractivity contribution is -0.141. The number of alkyl halides is 3. The van der Waals surface area contributed by atoms with E-state index in [1.807, 2.05) is 0 Å². The first kappa shape index (κ1) is 17.7. The van der Waals surface area contributed by atoms with Gasteiger partial charge in [-0.25, -0.2) is 0 Å². The maximum atomic E-state index is 12.0. The predicted octanol–water partition coefficient (Wildman–Crippen LogP) is 1.05. The molecule has 0 amide bonds. The van der Waals surface area contributed by atoms with Crippen molar-refractivity contribution < 1.29 is 28.3 Å². The molecule has 0 aromatic carbocycles. The molecule has 0 spiro atoms. The Bertz CT molecular complexity index is 237. The van der Waals surface area contributed by atoms with Gasteiger partial charge < -0.3 is 20.9 Å². The number of aliphatic hydroxyl groups excluding tert-OH is 1. The summed E-state index contributed by atoms with van der Waals surface area (Å²) >= 11 is 0. The second kappa shape index (κ2) is 7.32. The van der Waals surface area contributed by atoms with Gasteiger partial charge in [-0.15, -0.1) is 0 Å². The van der Waals surface area contributed by atoms with Crippen LogP contribution in [0.1, 0.15) is 39.0 Å². The maximum absolute atomic E-state index is 12.0. The second-order valence-corrected chi connectivity index (χ2v) is 4.90. The molecular formula is C10H21BF3NO3. The summed E-state index contributed by atoms with van der Waals surface area (Å²) in [5.41, 5.74) is 4.67. The monoisotopic (exact) mass is 271 g/mol. The van der Waals surface area contributed by atoms with Crippen LogP contribution >= 0.6 is 0 Å². The van der Waals surface area contributed by atoms with Crippen molar-refractivity contribution in [2.75, 3.05) is 0 Å². The molecule has 0 aliphatic rings. The highest BCUT2D eigenvalue weighted by atomic mass is 19.4. The van der Waals surface area contributed by atoms with E-state index in [0.29, 0.717) is 19.3 Å². The minimum atomic E-state index is -4.29. The van der Waals surface area contributed by atoms with E-state index in [1.54, 1.807) is 0 Å². The number of aliphatic hydroxyl groups is 1. The molecule has 5 N–H and O–H groups in total. The summed E-state index contributed by atoms with van der Waals surface area (Å²) < 4.78 is 36.0. The standard InChI is InChI=1S/C10H21BF3NO3/c1-9(15,5-2-3-7-11(17)18)8(16)4-6-10(12,13)14/h8,16-18H,2-7,15H2,1H3. The van der Waals surface area contributed by atoms with Gasteiger partial charge in [-0.2, -0.15) is 13.2 Å². The van der Waals surface area contributed by atoms with E-state index in [9.17, 15) is 18.3 Å². The van der Waals surface area contributed by atoms with Crippen molar-refractivity contribution in [3.8, 4) is 0 Å². The van der Waals surface area contributed by atoms with Gasteiger partial charge in [0, 0.05) is 12.0 Å². The Morgan fingerprint density at radius 1 is 1.17 bits per heavy atom. The fourth-order valence-electron chi connectivity index (χ4n) is 1.63. The second-order valence-electron chi connectivity index (χ2n) is 4.90. The Morgan fingerprint density at radius 2 is 1.72 bits per heavy atom. The van der Waals surface area contributed by atoms with Crippen molar-refractivity contribution in [1.82, 2.24) is 0 Å². The van der Waals surface area contributed by atoms with Crippen LogP contribution in [0, 0.1) is 0 Å². The summed E-state index contributed by atoms with van der Waals surface area (Å²) in [6.07, 6.45) is -5.45. The first-order valence-corrected chi connectivity index (χ1v) is 5.94. The van der Waals surface area contributed by atoms with E-state index < -0.39 is 37.8 Å². The molecule has 2 unspecified atom stereocenters. The average molecular weight is 271 g/mol. The first-order valence-electron chi connectivity index (χ1n) is 5.94.